The molecule has 17 heavy (non-hydrogen) atoms. The van der Waals surface area contributed by atoms with E-state index in [4.69, 9.17) is 0 Å². The van der Waals surface area contributed by atoms with Crippen molar-refractivity contribution in [3.8, 4) is 0 Å². The maximum atomic E-state index is 4.33. The summed E-state index contributed by atoms with van der Waals surface area (Å²) >= 11 is 0. The molecule has 1 heterocycles. The van der Waals surface area contributed by atoms with Crippen molar-refractivity contribution in [1.82, 2.24) is 20.1 Å². The highest BCUT2D eigenvalue weighted by Gasteiger charge is 2.09. The average molecular weight is 238 g/mol. The predicted octanol–water partition coefficient (Wildman–Crippen LogP) is 2.25. The van der Waals surface area contributed by atoms with Crippen LogP contribution in [-0.4, -0.2) is 26.8 Å². The van der Waals surface area contributed by atoms with Crippen molar-refractivity contribution < 1.29 is 0 Å². The third kappa shape index (κ3) is 5.82. The molecule has 1 rings (SSSR count). The fourth-order valence-electron chi connectivity index (χ4n) is 1.69. The fourth-order valence-corrected chi connectivity index (χ4v) is 1.69. The van der Waals surface area contributed by atoms with E-state index in [0.29, 0.717) is 5.92 Å². The highest BCUT2D eigenvalue weighted by atomic mass is 15.3. The molecule has 0 aliphatic heterocycles. The molecule has 0 atom stereocenters. The van der Waals surface area contributed by atoms with Crippen LogP contribution in [0.15, 0.2) is 6.33 Å². The van der Waals surface area contributed by atoms with Gasteiger partial charge in [0, 0.05) is 18.5 Å². The van der Waals surface area contributed by atoms with E-state index in [-0.39, 0.29) is 5.54 Å². The zero-order valence-corrected chi connectivity index (χ0v) is 11.8. The molecule has 0 amide bonds. The predicted molar refractivity (Wildman–Crippen MR) is 70.9 cm³/mol. The topological polar surface area (TPSA) is 42.7 Å². The molecule has 0 saturated carbocycles. The van der Waals surface area contributed by atoms with Crippen LogP contribution in [0.4, 0.5) is 0 Å². The van der Waals surface area contributed by atoms with Crippen LogP contribution in [0.2, 0.25) is 0 Å². The molecule has 98 valence electrons. The summed E-state index contributed by atoms with van der Waals surface area (Å²) in [6.45, 7) is 13.0. The molecule has 0 unspecified atom stereocenters. The molecule has 0 aliphatic rings. The van der Waals surface area contributed by atoms with E-state index in [1.807, 2.05) is 4.68 Å². The molecule has 1 aromatic heterocycles. The maximum Gasteiger partial charge on any atom is 0.138 e. The Kier molecular flexibility index (Phi) is 5.12. The Bertz CT molecular complexity index is 322. The Morgan fingerprint density at radius 1 is 1.35 bits per heavy atom. The van der Waals surface area contributed by atoms with Crippen LogP contribution in [0.3, 0.4) is 0 Å². The van der Waals surface area contributed by atoms with Gasteiger partial charge < -0.3 is 5.32 Å². The summed E-state index contributed by atoms with van der Waals surface area (Å²) in [6.07, 6.45) is 3.76. The standard InChI is InChI=1S/C13H26N4/c1-11(2)9-17-12(14-10-16-17)7-6-8-15-13(3,4)5/h10-11,15H,6-9H2,1-5H3. The van der Waals surface area contributed by atoms with Gasteiger partial charge in [0.1, 0.15) is 12.2 Å². The van der Waals surface area contributed by atoms with Crippen LogP contribution in [0.1, 0.15) is 46.9 Å². The van der Waals surface area contributed by atoms with Crippen LogP contribution in [0.5, 0.6) is 0 Å². The molecule has 0 spiro atoms. The lowest BCUT2D eigenvalue weighted by Gasteiger charge is -2.20. The Balaban J connectivity index is 2.34. The molecule has 1 aromatic rings. The number of hydrogen-bond acceptors (Lipinski definition) is 3. The van der Waals surface area contributed by atoms with Gasteiger partial charge in [0.05, 0.1) is 0 Å². The lowest BCUT2D eigenvalue weighted by atomic mass is 10.1. The van der Waals surface area contributed by atoms with Gasteiger partial charge >= 0.3 is 0 Å². The molecule has 0 aromatic carbocycles. The average Bonchev–Trinajstić information content (AvgIpc) is 2.58. The second-order valence-electron chi connectivity index (χ2n) is 6.03. The highest BCUT2D eigenvalue weighted by molar-refractivity contribution is 4.85. The Labute approximate surface area is 105 Å². The first-order valence-corrected chi connectivity index (χ1v) is 6.50. The van der Waals surface area contributed by atoms with Gasteiger partial charge in [0.15, 0.2) is 0 Å². The van der Waals surface area contributed by atoms with Crippen LogP contribution in [0, 0.1) is 5.92 Å². The molecule has 0 saturated heterocycles. The zero-order chi connectivity index (χ0) is 12.9. The lowest BCUT2D eigenvalue weighted by Crippen LogP contribution is -2.36. The van der Waals surface area contributed by atoms with Crippen molar-refractivity contribution in [1.29, 1.82) is 0 Å². The largest absolute Gasteiger partial charge is 0.312 e. The van der Waals surface area contributed by atoms with E-state index >= 15 is 0 Å². The minimum atomic E-state index is 0.200. The van der Waals surface area contributed by atoms with Crippen LogP contribution < -0.4 is 5.32 Å². The summed E-state index contributed by atoms with van der Waals surface area (Å²) in [5.41, 5.74) is 0.200. The third-order valence-electron chi connectivity index (χ3n) is 2.47. The Hall–Kier alpha value is -0.900. The molecule has 4 heteroatoms. The number of rotatable bonds is 6. The fraction of sp³-hybridized carbons (Fsp3) is 0.846. The Morgan fingerprint density at radius 3 is 2.65 bits per heavy atom. The van der Waals surface area contributed by atoms with Crippen LogP contribution >= 0.6 is 0 Å². The number of hydrogen-bond donors (Lipinski definition) is 1. The van der Waals surface area contributed by atoms with Gasteiger partial charge in [-0.05, 0) is 39.7 Å². The van der Waals surface area contributed by atoms with Crippen molar-refractivity contribution in [2.24, 2.45) is 5.92 Å². The minimum absolute atomic E-state index is 0.200. The number of nitrogens with zero attached hydrogens (tertiary/aromatic N) is 3. The minimum Gasteiger partial charge on any atom is -0.312 e. The first kappa shape index (κ1) is 14.2. The molecule has 0 aliphatic carbocycles. The monoisotopic (exact) mass is 238 g/mol. The smallest absolute Gasteiger partial charge is 0.138 e. The summed E-state index contributed by atoms with van der Waals surface area (Å²) in [5, 5.41) is 7.76. The molecule has 0 fully saturated rings. The summed E-state index contributed by atoms with van der Waals surface area (Å²) < 4.78 is 2.03. The van der Waals surface area contributed by atoms with Crippen molar-refractivity contribution in [3.63, 3.8) is 0 Å². The number of nitrogens with one attached hydrogen (secondary N) is 1. The Morgan fingerprint density at radius 2 is 2.06 bits per heavy atom. The molecular weight excluding hydrogens is 212 g/mol. The van der Waals surface area contributed by atoms with E-state index in [1.165, 1.54) is 0 Å². The molecule has 0 bridgehead atoms. The van der Waals surface area contributed by atoms with E-state index in [2.05, 4.69) is 50.0 Å². The van der Waals surface area contributed by atoms with Crippen molar-refractivity contribution in [2.45, 2.75) is 59.5 Å². The number of aryl methyl sites for hydroxylation is 1. The van der Waals surface area contributed by atoms with Gasteiger partial charge in [-0.25, -0.2) is 9.67 Å². The summed E-state index contributed by atoms with van der Waals surface area (Å²) in [6, 6.07) is 0. The van der Waals surface area contributed by atoms with Gasteiger partial charge in [-0.2, -0.15) is 5.10 Å². The first-order chi connectivity index (χ1) is 7.88. The second-order valence-corrected chi connectivity index (χ2v) is 6.03. The highest BCUT2D eigenvalue weighted by Crippen LogP contribution is 2.04. The first-order valence-electron chi connectivity index (χ1n) is 6.50. The maximum absolute atomic E-state index is 4.33. The van der Waals surface area contributed by atoms with E-state index in [1.54, 1.807) is 6.33 Å². The van der Waals surface area contributed by atoms with Crippen LogP contribution in [0.25, 0.3) is 0 Å². The second kappa shape index (κ2) is 6.15. The number of aromatic nitrogens is 3. The van der Waals surface area contributed by atoms with Gasteiger partial charge in [-0.3, -0.25) is 0 Å². The molecule has 4 nitrogen and oxygen atoms in total. The zero-order valence-electron chi connectivity index (χ0n) is 11.8. The van der Waals surface area contributed by atoms with E-state index in [0.717, 1.165) is 31.8 Å². The lowest BCUT2D eigenvalue weighted by molar-refractivity contribution is 0.416. The molecule has 0 radical (unpaired) electrons. The molecular formula is C13H26N4. The molecule has 1 N–H and O–H groups in total. The van der Waals surface area contributed by atoms with Crippen molar-refractivity contribution in [2.75, 3.05) is 6.54 Å². The normalized spacial score (nSPS) is 12.4. The van der Waals surface area contributed by atoms with Crippen molar-refractivity contribution >= 4 is 0 Å². The van der Waals surface area contributed by atoms with Gasteiger partial charge in [-0.15, -0.1) is 0 Å². The van der Waals surface area contributed by atoms with E-state index < -0.39 is 0 Å². The van der Waals surface area contributed by atoms with E-state index in [9.17, 15) is 0 Å². The van der Waals surface area contributed by atoms with Gasteiger partial charge in [-0.1, -0.05) is 13.8 Å². The SMILES string of the molecule is CC(C)Cn1ncnc1CCCNC(C)(C)C. The third-order valence-corrected chi connectivity index (χ3v) is 2.47. The van der Waals surface area contributed by atoms with Gasteiger partial charge in [0.25, 0.3) is 0 Å². The van der Waals surface area contributed by atoms with Crippen LogP contribution in [-0.2, 0) is 13.0 Å². The van der Waals surface area contributed by atoms with Gasteiger partial charge in [0.2, 0.25) is 0 Å². The van der Waals surface area contributed by atoms with Crippen molar-refractivity contribution in [3.05, 3.63) is 12.2 Å². The summed E-state index contributed by atoms with van der Waals surface area (Å²) in [7, 11) is 0. The summed E-state index contributed by atoms with van der Waals surface area (Å²) in [4.78, 5) is 4.33. The summed E-state index contributed by atoms with van der Waals surface area (Å²) in [5.74, 6) is 1.72. The quantitative estimate of drug-likeness (QED) is 0.773.